The molecule has 0 saturated carbocycles. The van der Waals surface area contributed by atoms with E-state index in [1.54, 1.807) is 0 Å². The number of para-hydroxylation sites is 2. The zero-order valence-electron chi connectivity index (χ0n) is 29.3. The first-order valence-electron chi connectivity index (χ1n) is 16.7. The molecule has 1 aliphatic rings. The number of allylic oxidation sites excluding steroid dienone is 2. The Morgan fingerprint density at radius 3 is 2.19 bits per heavy atom. The van der Waals surface area contributed by atoms with Crippen LogP contribution in [0, 0.1) is 6.92 Å². The molecule has 244 valence electrons. The second-order valence-corrected chi connectivity index (χ2v) is 14.8. The Labute approximate surface area is 289 Å². The fourth-order valence-corrected chi connectivity index (χ4v) is 7.47. The van der Waals surface area contributed by atoms with E-state index in [1.807, 2.05) is 6.08 Å². The maximum absolute atomic E-state index is 4.16. The summed E-state index contributed by atoms with van der Waals surface area (Å²) < 4.78 is 2.27. The standard InChI is InChI=1S/C43H47N4P/c1-9-39-31(3)35-27-36(43(4,5)6)29-37(28-35)47(44-48-46(39)8)41-23-15-13-20-34(41)26-33-21-17-25-40(30(33)2)45(7)42-24-16-14-22-38(42)32-18-11-10-12-19-32/h9-25,27-29,44,48H,1,26H2,2-8H3/b39-31-. The Bertz CT molecular complexity index is 1970. The highest BCUT2D eigenvalue weighted by atomic mass is 31.1. The van der Waals surface area contributed by atoms with Crippen molar-refractivity contribution >= 4 is 37.2 Å². The number of nitrogens with zero attached hydrogens (tertiary/aromatic N) is 3. The summed E-state index contributed by atoms with van der Waals surface area (Å²) in [6, 6.07) is 41.8. The van der Waals surface area contributed by atoms with Crippen molar-refractivity contribution in [2.24, 2.45) is 0 Å². The molecule has 1 N–H and O–H groups in total. The van der Waals surface area contributed by atoms with Crippen molar-refractivity contribution in [1.29, 1.82) is 0 Å². The molecule has 6 rings (SSSR count). The van der Waals surface area contributed by atoms with Crippen LogP contribution in [-0.2, 0) is 11.8 Å². The molecule has 1 heterocycles. The largest absolute Gasteiger partial charge is 0.344 e. The van der Waals surface area contributed by atoms with Crippen LogP contribution in [0.2, 0.25) is 0 Å². The third kappa shape index (κ3) is 6.69. The van der Waals surface area contributed by atoms with Crippen LogP contribution in [0.15, 0.2) is 134 Å². The zero-order chi connectivity index (χ0) is 34.0. The SMILES string of the molecule is C=C/C1=C(\C)c2cc(cc(C(C)(C)C)c2)N(c2ccccc2Cc2cccc(N(C)c3ccccc3-c3ccccc3)c2C)NPN1C. The molecule has 1 unspecified atom stereocenters. The van der Waals surface area contributed by atoms with Crippen molar-refractivity contribution in [3.05, 3.63) is 161 Å². The molecule has 1 aliphatic heterocycles. The van der Waals surface area contributed by atoms with Gasteiger partial charge in [0.2, 0.25) is 0 Å². The summed E-state index contributed by atoms with van der Waals surface area (Å²) in [6.07, 6.45) is 2.78. The van der Waals surface area contributed by atoms with E-state index in [4.69, 9.17) is 0 Å². The Balaban J connectivity index is 1.40. The van der Waals surface area contributed by atoms with Crippen molar-refractivity contribution in [1.82, 2.24) is 9.87 Å². The van der Waals surface area contributed by atoms with E-state index in [2.05, 4.69) is 190 Å². The molecule has 1 atom stereocenters. The van der Waals surface area contributed by atoms with Crippen LogP contribution in [0.4, 0.5) is 22.7 Å². The predicted octanol–water partition coefficient (Wildman–Crippen LogP) is 11.3. The third-order valence-electron chi connectivity index (χ3n) is 9.49. The number of rotatable bonds is 7. The summed E-state index contributed by atoms with van der Waals surface area (Å²) in [5.41, 5.74) is 15.9. The summed E-state index contributed by atoms with van der Waals surface area (Å²) in [5.74, 6) is 0. The molecule has 2 bridgehead atoms. The predicted molar refractivity (Wildman–Crippen MR) is 210 cm³/mol. The number of nitrogens with one attached hydrogen (secondary N) is 1. The van der Waals surface area contributed by atoms with Crippen LogP contribution in [0.3, 0.4) is 0 Å². The molecule has 0 spiro atoms. The fourth-order valence-electron chi connectivity index (χ4n) is 6.59. The van der Waals surface area contributed by atoms with Gasteiger partial charge in [-0.1, -0.05) is 112 Å². The highest BCUT2D eigenvalue weighted by Gasteiger charge is 2.23. The molecule has 0 fully saturated rings. The molecule has 0 radical (unpaired) electrons. The van der Waals surface area contributed by atoms with Gasteiger partial charge >= 0.3 is 0 Å². The molecule has 48 heavy (non-hydrogen) atoms. The average Bonchev–Trinajstić information content (AvgIpc) is 3.12. The average molecular weight is 651 g/mol. The van der Waals surface area contributed by atoms with Gasteiger partial charge in [-0.25, -0.2) is 0 Å². The van der Waals surface area contributed by atoms with Crippen LogP contribution in [0.5, 0.6) is 0 Å². The van der Waals surface area contributed by atoms with Gasteiger partial charge in [0.1, 0.15) is 0 Å². The quantitative estimate of drug-likeness (QED) is 0.177. The lowest BCUT2D eigenvalue weighted by molar-refractivity contribution is 0.590. The van der Waals surface area contributed by atoms with Crippen molar-refractivity contribution in [3.8, 4) is 11.1 Å². The van der Waals surface area contributed by atoms with Gasteiger partial charge < -0.3 is 9.57 Å². The number of benzene rings is 5. The summed E-state index contributed by atoms with van der Waals surface area (Å²) in [7, 11) is 4.64. The number of hydrazine groups is 1. The minimum Gasteiger partial charge on any atom is -0.344 e. The third-order valence-corrected chi connectivity index (χ3v) is 10.4. The molecule has 0 aromatic heterocycles. The molecular weight excluding hydrogens is 603 g/mol. The maximum atomic E-state index is 4.16. The highest BCUT2D eigenvalue weighted by molar-refractivity contribution is 7.33. The van der Waals surface area contributed by atoms with Crippen molar-refractivity contribution in [2.45, 2.75) is 46.5 Å². The van der Waals surface area contributed by atoms with Gasteiger partial charge in [0, 0.05) is 36.7 Å². The molecule has 4 nitrogen and oxygen atoms in total. The molecule has 5 aromatic carbocycles. The van der Waals surface area contributed by atoms with Gasteiger partial charge in [0.15, 0.2) is 0 Å². The second-order valence-electron chi connectivity index (χ2n) is 13.7. The van der Waals surface area contributed by atoms with E-state index in [0.29, 0.717) is 8.88 Å². The lowest BCUT2D eigenvalue weighted by Crippen LogP contribution is -2.30. The normalized spacial score (nSPS) is 15.6. The van der Waals surface area contributed by atoms with Crippen LogP contribution in [-0.4, -0.2) is 18.8 Å². The van der Waals surface area contributed by atoms with Gasteiger partial charge in [-0.2, -0.15) is 5.20 Å². The van der Waals surface area contributed by atoms with E-state index < -0.39 is 0 Å². The van der Waals surface area contributed by atoms with Crippen LogP contribution in [0.1, 0.15) is 55.5 Å². The van der Waals surface area contributed by atoms with E-state index in [1.165, 1.54) is 55.9 Å². The van der Waals surface area contributed by atoms with E-state index in [0.717, 1.165) is 23.5 Å². The molecule has 5 aromatic rings. The molecule has 0 aliphatic carbocycles. The fraction of sp³-hybridized carbons (Fsp3) is 0.209. The first-order valence-corrected chi connectivity index (χ1v) is 17.6. The number of likely N-dealkylation sites (N-methyl/N-ethyl adjacent to an activating group) is 1. The van der Waals surface area contributed by atoms with Gasteiger partial charge in [-0.15, -0.1) is 0 Å². The number of fused-ring (bicyclic) bond motifs is 2. The lowest BCUT2D eigenvalue weighted by Gasteiger charge is -2.31. The summed E-state index contributed by atoms with van der Waals surface area (Å²) in [5, 5.41) is 6.11. The lowest BCUT2D eigenvalue weighted by atomic mass is 9.84. The van der Waals surface area contributed by atoms with Crippen LogP contribution >= 0.6 is 8.88 Å². The number of hydrogen-bond donors (Lipinski definition) is 1. The summed E-state index contributed by atoms with van der Waals surface area (Å²) >= 11 is 0. The topological polar surface area (TPSA) is 21.8 Å². The molecule has 0 saturated heterocycles. The monoisotopic (exact) mass is 650 g/mol. The molecule has 0 amide bonds. The maximum Gasteiger partial charge on any atom is 0.0680 e. The Morgan fingerprint density at radius 1 is 0.771 bits per heavy atom. The highest BCUT2D eigenvalue weighted by Crippen LogP contribution is 2.41. The van der Waals surface area contributed by atoms with Gasteiger partial charge in [0.05, 0.1) is 20.3 Å². The van der Waals surface area contributed by atoms with Gasteiger partial charge in [-0.3, -0.25) is 5.01 Å². The smallest absolute Gasteiger partial charge is 0.0680 e. The zero-order valence-corrected chi connectivity index (χ0v) is 30.3. The summed E-state index contributed by atoms with van der Waals surface area (Å²) in [6.45, 7) is 15.5. The van der Waals surface area contributed by atoms with Crippen molar-refractivity contribution in [3.63, 3.8) is 0 Å². The first kappa shape index (κ1) is 33.3. The Kier molecular flexibility index (Phi) is 9.60. The minimum atomic E-state index is -0.00444. The Hall–Kier alpha value is -4.63. The second kappa shape index (κ2) is 13.8. The van der Waals surface area contributed by atoms with Crippen molar-refractivity contribution in [2.75, 3.05) is 24.0 Å². The molecular formula is C43H47N4P. The number of anilines is 4. The van der Waals surface area contributed by atoms with Gasteiger partial charge in [0.25, 0.3) is 0 Å². The Morgan fingerprint density at radius 2 is 1.44 bits per heavy atom. The molecule has 5 heteroatoms. The first-order chi connectivity index (χ1) is 23.1. The van der Waals surface area contributed by atoms with Gasteiger partial charge in [-0.05, 0) is 101 Å². The number of hydrogen-bond acceptors (Lipinski definition) is 4. The van der Waals surface area contributed by atoms with E-state index in [-0.39, 0.29) is 5.41 Å². The van der Waals surface area contributed by atoms with Crippen LogP contribution in [0.25, 0.3) is 16.7 Å². The van der Waals surface area contributed by atoms with E-state index in [9.17, 15) is 0 Å². The van der Waals surface area contributed by atoms with Crippen molar-refractivity contribution < 1.29 is 0 Å². The van der Waals surface area contributed by atoms with E-state index >= 15 is 0 Å². The summed E-state index contributed by atoms with van der Waals surface area (Å²) in [4.78, 5) is 2.33. The van der Waals surface area contributed by atoms with Crippen LogP contribution < -0.4 is 15.1 Å². The minimum absolute atomic E-state index is 0.00444.